The first-order valence-corrected chi connectivity index (χ1v) is 10.2. The molecular weight excluding hydrogens is 464 g/mol. The van der Waals surface area contributed by atoms with Crippen molar-refractivity contribution in [1.29, 1.82) is 0 Å². The number of carbonyl (C=O) groups is 1. The molecule has 1 atom stereocenters. The minimum atomic E-state index is -4.84. The summed E-state index contributed by atoms with van der Waals surface area (Å²) in [6.07, 6.45) is -4.84. The Hall–Kier alpha value is -3.30. The van der Waals surface area contributed by atoms with Gasteiger partial charge in [0.2, 0.25) is 0 Å². The van der Waals surface area contributed by atoms with E-state index in [-0.39, 0.29) is 30.2 Å². The summed E-state index contributed by atoms with van der Waals surface area (Å²) in [6.45, 7) is -0.195. The van der Waals surface area contributed by atoms with Crippen molar-refractivity contribution < 1.29 is 32.2 Å². The first kappa shape index (κ1) is 22.9. The minimum Gasteiger partial charge on any atom is -0.488 e. The lowest BCUT2D eigenvalue weighted by Gasteiger charge is -2.38. The van der Waals surface area contributed by atoms with Crippen LogP contribution in [0.25, 0.3) is 0 Å². The summed E-state index contributed by atoms with van der Waals surface area (Å²) < 4.78 is 58.0. The molecule has 33 heavy (non-hydrogen) atoms. The number of rotatable bonds is 4. The maximum absolute atomic E-state index is 13.9. The molecule has 4 rings (SSSR count). The number of fused-ring (bicyclic) bond motifs is 1. The summed E-state index contributed by atoms with van der Waals surface area (Å²) in [6, 6.07) is 13.4. The van der Waals surface area contributed by atoms with Gasteiger partial charge in [-0.15, -0.1) is 0 Å². The van der Waals surface area contributed by atoms with Crippen molar-refractivity contribution in [2.24, 2.45) is 0 Å². The van der Waals surface area contributed by atoms with Crippen LogP contribution in [0.3, 0.4) is 0 Å². The van der Waals surface area contributed by atoms with Crippen molar-refractivity contribution >= 4 is 34.6 Å². The second-order valence-electron chi connectivity index (χ2n) is 7.27. The van der Waals surface area contributed by atoms with Crippen LogP contribution in [0.1, 0.15) is 15.9 Å². The van der Waals surface area contributed by atoms with Crippen LogP contribution in [0.5, 0.6) is 5.75 Å². The number of hydrogen-bond donors (Lipinski definition) is 2. The van der Waals surface area contributed by atoms with Gasteiger partial charge in [-0.3, -0.25) is 4.79 Å². The highest BCUT2D eigenvalue weighted by Gasteiger charge is 2.35. The van der Waals surface area contributed by atoms with E-state index in [1.54, 1.807) is 41.3 Å². The number of nitrogens with one attached hydrogen (secondary N) is 1. The lowest BCUT2D eigenvalue weighted by Crippen LogP contribution is -2.43. The van der Waals surface area contributed by atoms with Gasteiger partial charge in [-0.05, 0) is 42.5 Å². The standard InChI is InChI=1S/C23H17ClF4N2O3/c24-17-5-1-2-6-19(17)30-14(11-31)12-33-21-15(4-3-7-20(21)30)22(32)29-13-8-9-16(18(25)10-13)23(26,27)28/h1-10,14,31H,11-12H2,(H,29,32). The molecule has 172 valence electrons. The van der Waals surface area contributed by atoms with E-state index in [2.05, 4.69) is 5.32 Å². The molecule has 1 heterocycles. The molecule has 1 aliphatic rings. The lowest BCUT2D eigenvalue weighted by atomic mass is 10.1. The van der Waals surface area contributed by atoms with E-state index in [1.807, 2.05) is 0 Å². The fraction of sp³-hybridized carbons (Fsp3) is 0.174. The zero-order chi connectivity index (χ0) is 23.8. The molecule has 10 heteroatoms. The summed E-state index contributed by atoms with van der Waals surface area (Å²) >= 11 is 6.36. The molecular formula is C23H17ClF4N2O3. The number of nitrogens with zero attached hydrogens (tertiary/aromatic N) is 1. The van der Waals surface area contributed by atoms with E-state index >= 15 is 0 Å². The van der Waals surface area contributed by atoms with Crippen molar-refractivity contribution in [3.63, 3.8) is 0 Å². The van der Waals surface area contributed by atoms with Crippen LogP contribution in [0.15, 0.2) is 60.7 Å². The number of para-hydroxylation sites is 2. The molecule has 1 unspecified atom stereocenters. The van der Waals surface area contributed by atoms with E-state index in [1.165, 1.54) is 6.07 Å². The molecule has 1 aliphatic heterocycles. The summed E-state index contributed by atoms with van der Waals surface area (Å²) in [7, 11) is 0. The SMILES string of the molecule is O=C(Nc1ccc(C(F)(F)F)c(F)c1)c1cccc2c1OCC(CO)N2c1ccccc1Cl. The first-order chi connectivity index (χ1) is 15.7. The Morgan fingerprint density at radius 3 is 2.52 bits per heavy atom. The average molecular weight is 481 g/mol. The number of halogens is 5. The third kappa shape index (κ3) is 4.46. The van der Waals surface area contributed by atoms with Crippen molar-refractivity contribution in [3.05, 3.63) is 82.6 Å². The third-order valence-corrected chi connectivity index (χ3v) is 5.46. The molecule has 0 saturated heterocycles. The Morgan fingerprint density at radius 2 is 1.85 bits per heavy atom. The van der Waals surface area contributed by atoms with E-state index in [0.29, 0.717) is 28.5 Å². The molecule has 0 fully saturated rings. The van der Waals surface area contributed by atoms with Gasteiger partial charge in [0.1, 0.15) is 12.4 Å². The first-order valence-electron chi connectivity index (χ1n) is 9.79. The number of aliphatic hydroxyl groups excluding tert-OH is 1. The van der Waals surface area contributed by atoms with Gasteiger partial charge in [0.25, 0.3) is 5.91 Å². The molecule has 3 aromatic carbocycles. The van der Waals surface area contributed by atoms with E-state index in [4.69, 9.17) is 16.3 Å². The normalized spacial score (nSPS) is 15.6. The van der Waals surface area contributed by atoms with E-state index in [0.717, 1.165) is 6.07 Å². The maximum Gasteiger partial charge on any atom is 0.419 e. The molecule has 5 nitrogen and oxygen atoms in total. The van der Waals surface area contributed by atoms with Gasteiger partial charge in [0.05, 0.1) is 40.2 Å². The van der Waals surface area contributed by atoms with Crippen molar-refractivity contribution in [2.75, 3.05) is 23.4 Å². The van der Waals surface area contributed by atoms with Gasteiger partial charge in [-0.1, -0.05) is 29.8 Å². The molecule has 0 aliphatic carbocycles. The number of anilines is 3. The Morgan fingerprint density at radius 1 is 1.12 bits per heavy atom. The zero-order valence-corrected chi connectivity index (χ0v) is 17.6. The fourth-order valence-corrected chi connectivity index (χ4v) is 3.85. The van der Waals surface area contributed by atoms with Gasteiger partial charge in [-0.25, -0.2) is 4.39 Å². The number of carbonyl (C=O) groups excluding carboxylic acids is 1. The summed E-state index contributed by atoms with van der Waals surface area (Å²) in [5.74, 6) is -2.00. The monoisotopic (exact) mass is 480 g/mol. The number of ether oxygens (including phenoxy) is 1. The smallest absolute Gasteiger partial charge is 0.419 e. The van der Waals surface area contributed by atoms with Gasteiger partial charge in [-0.2, -0.15) is 13.2 Å². The van der Waals surface area contributed by atoms with E-state index in [9.17, 15) is 27.5 Å². The summed E-state index contributed by atoms with van der Waals surface area (Å²) in [4.78, 5) is 14.7. The Bertz CT molecular complexity index is 1200. The second-order valence-corrected chi connectivity index (χ2v) is 7.68. The molecule has 1 amide bonds. The molecule has 0 saturated carbocycles. The quantitative estimate of drug-likeness (QED) is 0.474. The van der Waals surface area contributed by atoms with Crippen LogP contribution in [-0.2, 0) is 6.18 Å². The van der Waals surface area contributed by atoms with Crippen LogP contribution in [0, 0.1) is 5.82 Å². The van der Waals surface area contributed by atoms with Crippen LogP contribution in [0.4, 0.5) is 34.6 Å². The average Bonchev–Trinajstić information content (AvgIpc) is 2.77. The molecule has 2 N–H and O–H groups in total. The topological polar surface area (TPSA) is 61.8 Å². The van der Waals surface area contributed by atoms with Gasteiger partial charge in [0.15, 0.2) is 5.75 Å². The van der Waals surface area contributed by atoms with Gasteiger partial charge in [0, 0.05) is 5.69 Å². The highest BCUT2D eigenvalue weighted by molar-refractivity contribution is 6.33. The predicted molar refractivity (Wildman–Crippen MR) is 116 cm³/mol. The Kier molecular flexibility index (Phi) is 6.18. The van der Waals surface area contributed by atoms with Crippen LogP contribution >= 0.6 is 11.6 Å². The fourth-order valence-electron chi connectivity index (χ4n) is 3.62. The highest BCUT2D eigenvalue weighted by Crippen LogP contribution is 2.43. The molecule has 0 aromatic heterocycles. The van der Waals surface area contributed by atoms with Gasteiger partial charge >= 0.3 is 6.18 Å². The van der Waals surface area contributed by atoms with Crippen molar-refractivity contribution in [1.82, 2.24) is 0 Å². The zero-order valence-electron chi connectivity index (χ0n) is 16.9. The number of hydrogen-bond acceptors (Lipinski definition) is 4. The maximum atomic E-state index is 13.9. The van der Waals surface area contributed by atoms with Crippen molar-refractivity contribution in [2.45, 2.75) is 12.2 Å². The minimum absolute atomic E-state index is 0.0495. The number of amides is 1. The lowest BCUT2D eigenvalue weighted by molar-refractivity contribution is -0.139. The summed E-state index contributed by atoms with van der Waals surface area (Å²) in [5.41, 5.74) is -0.410. The van der Waals surface area contributed by atoms with Gasteiger partial charge < -0.3 is 20.1 Å². The van der Waals surface area contributed by atoms with Crippen molar-refractivity contribution in [3.8, 4) is 5.75 Å². The third-order valence-electron chi connectivity index (χ3n) is 5.14. The molecule has 0 spiro atoms. The number of alkyl halides is 3. The van der Waals surface area contributed by atoms with Crippen LogP contribution in [0.2, 0.25) is 5.02 Å². The molecule has 3 aromatic rings. The van der Waals surface area contributed by atoms with Crippen LogP contribution in [-0.4, -0.2) is 30.3 Å². The summed E-state index contributed by atoms with van der Waals surface area (Å²) in [5, 5.41) is 12.7. The number of aliphatic hydroxyl groups is 1. The Balaban J connectivity index is 1.69. The Labute approximate surface area is 191 Å². The molecule has 0 radical (unpaired) electrons. The predicted octanol–water partition coefficient (Wildman–Crippen LogP) is 5.64. The van der Waals surface area contributed by atoms with E-state index < -0.39 is 29.5 Å². The highest BCUT2D eigenvalue weighted by atomic mass is 35.5. The number of benzene rings is 3. The largest absolute Gasteiger partial charge is 0.488 e. The second kappa shape index (κ2) is 8.92. The molecule has 0 bridgehead atoms. The van der Waals surface area contributed by atoms with Crippen LogP contribution < -0.4 is 15.0 Å².